The number of hydrogen-bond acceptors (Lipinski definition) is 3. The molecule has 6 heteroatoms. The highest BCUT2D eigenvalue weighted by Gasteiger charge is 2.24. The molecular weight excluding hydrogens is 405 g/mol. The summed E-state index contributed by atoms with van der Waals surface area (Å²) < 4.78 is 20.3. The van der Waals surface area contributed by atoms with Crippen molar-refractivity contribution in [2.24, 2.45) is 0 Å². The van der Waals surface area contributed by atoms with E-state index in [1.165, 1.54) is 13.2 Å². The molecule has 0 radical (unpaired) electrons. The monoisotopic (exact) mass is 415 g/mol. The molecule has 2 aromatic rings. The lowest BCUT2D eigenvalue weighted by atomic mass is 10.1. The lowest BCUT2D eigenvalue weighted by molar-refractivity contribution is -0.141. The number of ether oxygens (including phenoxy) is 1. The fraction of sp³-hybridized carbons (Fsp3) is 0.133. The Balaban J connectivity index is 2.39. The Morgan fingerprint density at radius 1 is 1.19 bits per heavy atom. The summed E-state index contributed by atoms with van der Waals surface area (Å²) in [5.41, 5.74) is 0.898. The summed E-state index contributed by atoms with van der Waals surface area (Å²) in [5, 5.41) is 2.99. The number of rotatable bonds is 4. The van der Waals surface area contributed by atoms with E-state index in [0.29, 0.717) is 10.2 Å². The molecule has 0 heterocycles. The van der Waals surface area contributed by atoms with Crippen LogP contribution in [0.2, 0.25) is 0 Å². The second-order valence-corrected chi connectivity index (χ2v) is 6.11. The molecule has 0 aliphatic heterocycles. The van der Waals surface area contributed by atoms with E-state index < -0.39 is 17.8 Å². The zero-order valence-electron chi connectivity index (χ0n) is 11.1. The van der Waals surface area contributed by atoms with Gasteiger partial charge in [-0.2, -0.15) is 0 Å². The van der Waals surface area contributed by atoms with Crippen LogP contribution in [0.5, 0.6) is 0 Å². The second kappa shape index (κ2) is 7.04. The SMILES string of the molecule is COC(=O)C(Nc1cccc(Br)c1)c1cc(Br)ccc1F. The van der Waals surface area contributed by atoms with E-state index in [0.717, 1.165) is 4.47 Å². The molecule has 110 valence electrons. The van der Waals surface area contributed by atoms with Gasteiger partial charge in [0, 0.05) is 20.2 Å². The zero-order chi connectivity index (χ0) is 15.4. The van der Waals surface area contributed by atoms with Crippen LogP contribution in [0.3, 0.4) is 0 Å². The van der Waals surface area contributed by atoms with Crippen molar-refractivity contribution in [1.29, 1.82) is 0 Å². The van der Waals surface area contributed by atoms with E-state index >= 15 is 0 Å². The zero-order valence-corrected chi connectivity index (χ0v) is 14.2. The van der Waals surface area contributed by atoms with E-state index in [2.05, 4.69) is 37.2 Å². The number of nitrogens with one attached hydrogen (secondary N) is 1. The molecule has 0 fully saturated rings. The summed E-state index contributed by atoms with van der Waals surface area (Å²) in [6.45, 7) is 0. The number of carbonyl (C=O) groups is 1. The van der Waals surface area contributed by atoms with Crippen LogP contribution in [-0.4, -0.2) is 13.1 Å². The molecule has 0 bridgehead atoms. The number of halogens is 3. The highest BCUT2D eigenvalue weighted by Crippen LogP contribution is 2.27. The van der Waals surface area contributed by atoms with E-state index in [9.17, 15) is 9.18 Å². The van der Waals surface area contributed by atoms with Crippen LogP contribution in [-0.2, 0) is 9.53 Å². The first-order valence-electron chi connectivity index (χ1n) is 6.06. The molecule has 0 saturated heterocycles. The van der Waals surface area contributed by atoms with Gasteiger partial charge in [-0.15, -0.1) is 0 Å². The summed E-state index contributed by atoms with van der Waals surface area (Å²) in [7, 11) is 1.27. The maximum atomic E-state index is 14.0. The molecule has 2 aromatic carbocycles. The van der Waals surface area contributed by atoms with Crippen LogP contribution < -0.4 is 5.32 Å². The smallest absolute Gasteiger partial charge is 0.333 e. The summed E-state index contributed by atoms with van der Waals surface area (Å²) in [4.78, 5) is 12.0. The molecule has 0 amide bonds. The third-order valence-electron chi connectivity index (χ3n) is 2.84. The molecule has 0 spiro atoms. The minimum Gasteiger partial charge on any atom is -0.467 e. The Labute approximate surface area is 138 Å². The van der Waals surface area contributed by atoms with Gasteiger partial charge in [0.1, 0.15) is 5.82 Å². The minimum atomic E-state index is -0.929. The van der Waals surface area contributed by atoms with Gasteiger partial charge in [0.15, 0.2) is 6.04 Å². The summed E-state index contributed by atoms with van der Waals surface area (Å²) in [6, 6.07) is 10.8. The highest BCUT2D eigenvalue weighted by atomic mass is 79.9. The number of benzene rings is 2. The van der Waals surface area contributed by atoms with Crippen molar-refractivity contribution in [2.45, 2.75) is 6.04 Å². The largest absolute Gasteiger partial charge is 0.467 e. The number of esters is 1. The molecule has 21 heavy (non-hydrogen) atoms. The molecule has 0 aromatic heterocycles. The van der Waals surface area contributed by atoms with Gasteiger partial charge in [0.2, 0.25) is 0 Å². The predicted molar refractivity (Wildman–Crippen MR) is 86.6 cm³/mol. The quantitative estimate of drug-likeness (QED) is 0.735. The molecule has 0 saturated carbocycles. The first-order chi connectivity index (χ1) is 10.0. The average Bonchev–Trinajstić information content (AvgIpc) is 2.47. The van der Waals surface area contributed by atoms with Gasteiger partial charge in [-0.3, -0.25) is 0 Å². The topological polar surface area (TPSA) is 38.3 Å². The van der Waals surface area contributed by atoms with Crippen molar-refractivity contribution in [2.75, 3.05) is 12.4 Å². The Hall–Kier alpha value is -1.40. The second-order valence-electron chi connectivity index (χ2n) is 4.28. The average molecular weight is 417 g/mol. The standard InChI is InChI=1S/C15H12Br2FNO2/c1-21-15(20)14(12-8-10(17)5-6-13(12)18)19-11-4-2-3-9(16)7-11/h2-8,14,19H,1H3. The Morgan fingerprint density at radius 3 is 2.57 bits per heavy atom. The predicted octanol–water partition coefficient (Wildman–Crippen LogP) is 4.68. The summed E-state index contributed by atoms with van der Waals surface area (Å²) in [6.07, 6.45) is 0. The van der Waals surface area contributed by atoms with Crippen LogP contribution in [0.15, 0.2) is 51.4 Å². The van der Waals surface area contributed by atoms with Crippen molar-refractivity contribution in [1.82, 2.24) is 0 Å². The fourth-order valence-electron chi connectivity index (χ4n) is 1.86. The molecule has 3 nitrogen and oxygen atoms in total. The highest BCUT2D eigenvalue weighted by molar-refractivity contribution is 9.10. The normalized spacial score (nSPS) is 11.8. The fourth-order valence-corrected chi connectivity index (χ4v) is 2.64. The number of carbonyl (C=O) groups excluding carboxylic acids is 1. The van der Waals surface area contributed by atoms with Gasteiger partial charge in [-0.1, -0.05) is 37.9 Å². The molecule has 0 aliphatic carbocycles. The van der Waals surface area contributed by atoms with Crippen molar-refractivity contribution in [3.05, 3.63) is 62.8 Å². The molecule has 0 aliphatic rings. The maximum Gasteiger partial charge on any atom is 0.333 e. The minimum absolute atomic E-state index is 0.219. The lowest BCUT2D eigenvalue weighted by Crippen LogP contribution is -2.23. The van der Waals surface area contributed by atoms with Crippen molar-refractivity contribution in [3.8, 4) is 0 Å². The van der Waals surface area contributed by atoms with Crippen molar-refractivity contribution in [3.63, 3.8) is 0 Å². The van der Waals surface area contributed by atoms with Crippen molar-refractivity contribution < 1.29 is 13.9 Å². The van der Waals surface area contributed by atoms with E-state index in [-0.39, 0.29) is 5.56 Å². The van der Waals surface area contributed by atoms with Gasteiger partial charge < -0.3 is 10.1 Å². The first-order valence-corrected chi connectivity index (χ1v) is 7.64. The van der Waals surface area contributed by atoms with Gasteiger partial charge >= 0.3 is 5.97 Å². The van der Waals surface area contributed by atoms with Gasteiger partial charge in [0.25, 0.3) is 0 Å². The lowest BCUT2D eigenvalue weighted by Gasteiger charge is -2.19. The van der Waals surface area contributed by atoms with Crippen LogP contribution in [0.25, 0.3) is 0 Å². The van der Waals surface area contributed by atoms with Crippen LogP contribution in [0.1, 0.15) is 11.6 Å². The van der Waals surface area contributed by atoms with Crippen LogP contribution in [0, 0.1) is 5.82 Å². The number of anilines is 1. The first kappa shape index (κ1) is 16.0. The van der Waals surface area contributed by atoms with E-state index in [4.69, 9.17) is 4.74 Å². The Bertz CT molecular complexity index is 664. The van der Waals surface area contributed by atoms with Gasteiger partial charge in [0.05, 0.1) is 7.11 Å². The molecule has 1 unspecified atom stereocenters. The third kappa shape index (κ3) is 4.04. The Morgan fingerprint density at radius 2 is 1.90 bits per heavy atom. The Kier molecular flexibility index (Phi) is 5.36. The third-order valence-corrected chi connectivity index (χ3v) is 3.83. The van der Waals surface area contributed by atoms with E-state index in [1.807, 2.05) is 12.1 Å². The van der Waals surface area contributed by atoms with Gasteiger partial charge in [-0.05, 0) is 36.4 Å². The molecular formula is C15H12Br2FNO2. The number of methoxy groups -OCH3 is 1. The van der Waals surface area contributed by atoms with E-state index in [1.54, 1.807) is 24.3 Å². The summed E-state index contributed by atoms with van der Waals surface area (Å²) in [5.74, 6) is -1.04. The molecule has 2 rings (SSSR count). The van der Waals surface area contributed by atoms with Gasteiger partial charge in [-0.25, -0.2) is 9.18 Å². The van der Waals surface area contributed by atoms with Crippen LogP contribution in [0.4, 0.5) is 10.1 Å². The molecule has 1 atom stereocenters. The molecule has 1 N–H and O–H groups in total. The number of hydrogen-bond donors (Lipinski definition) is 1. The van der Waals surface area contributed by atoms with Crippen molar-refractivity contribution >= 4 is 43.5 Å². The van der Waals surface area contributed by atoms with Crippen LogP contribution >= 0.6 is 31.9 Å². The summed E-state index contributed by atoms with van der Waals surface area (Å²) >= 11 is 6.63. The maximum absolute atomic E-state index is 14.0.